The number of hydrogen-bond acceptors (Lipinski definition) is 5. The van der Waals surface area contributed by atoms with Crippen molar-refractivity contribution < 1.29 is 19.1 Å². The van der Waals surface area contributed by atoms with Crippen molar-refractivity contribution >= 4 is 11.8 Å². The second-order valence-corrected chi connectivity index (χ2v) is 9.07. The van der Waals surface area contributed by atoms with Gasteiger partial charge in [-0.05, 0) is 37.2 Å². The fourth-order valence-electron chi connectivity index (χ4n) is 4.71. The highest BCUT2D eigenvalue weighted by molar-refractivity contribution is 6.04. The first-order chi connectivity index (χ1) is 13.9. The van der Waals surface area contributed by atoms with E-state index in [0.29, 0.717) is 17.6 Å². The third kappa shape index (κ3) is 4.01. The van der Waals surface area contributed by atoms with Crippen molar-refractivity contribution in [3.8, 4) is 0 Å². The van der Waals surface area contributed by atoms with Gasteiger partial charge in [0.2, 0.25) is 0 Å². The van der Waals surface area contributed by atoms with E-state index in [1.165, 1.54) is 0 Å². The molecule has 0 bridgehead atoms. The summed E-state index contributed by atoms with van der Waals surface area (Å²) in [5, 5.41) is 3.37. The number of carbonyl (C=O) groups excluding carboxylic acids is 2. The Morgan fingerprint density at radius 1 is 1.24 bits per heavy atom. The Morgan fingerprint density at radius 3 is 2.69 bits per heavy atom. The number of allylic oxidation sites excluding steroid dienone is 3. The Kier molecular flexibility index (Phi) is 5.34. The molecule has 29 heavy (non-hydrogen) atoms. The van der Waals surface area contributed by atoms with Gasteiger partial charge in [-0.1, -0.05) is 44.2 Å². The topological polar surface area (TPSA) is 64.6 Å². The summed E-state index contributed by atoms with van der Waals surface area (Å²) in [6.45, 7) is 7.09. The van der Waals surface area contributed by atoms with Crippen LogP contribution in [0.2, 0.25) is 0 Å². The fourth-order valence-corrected chi connectivity index (χ4v) is 4.71. The summed E-state index contributed by atoms with van der Waals surface area (Å²) in [5.74, 6) is -0.661. The number of rotatable bonds is 4. The van der Waals surface area contributed by atoms with Crippen molar-refractivity contribution in [2.24, 2.45) is 5.41 Å². The van der Waals surface area contributed by atoms with E-state index in [2.05, 4.69) is 19.2 Å². The molecule has 2 atom stereocenters. The molecule has 1 aliphatic carbocycles. The lowest BCUT2D eigenvalue weighted by Crippen LogP contribution is -2.39. The molecular formula is C24H29NO4. The predicted octanol–water partition coefficient (Wildman–Crippen LogP) is 4.01. The van der Waals surface area contributed by atoms with Crippen LogP contribution in [-0.4, -0.2) is 31.1 Å². The SMILES string of the molecule is CC1=C(C(=O)OC[C@@H]2CCCO2)[C@H](c2ccccc2)C2=C(CC(C)(C)CC2=O)N1. The fraction of sp³-hybridized carbons (Fsp3) is 0.500. The Labute approximate surface area is 172 Å². The summed E-state index contributed by atoms with van der Waals surface area (Å²) in [4.78, 5) is 26.3. The zero-order chi connectivity index (χ0) is 20.6. The first-order valence-corrected chi connectivity index (χ1v) is 10.4. The zero-order valence-corrected chi connectivity index (χ0v) is 17.4. The van der Waals surface area contributed by atoms with Gasteiger partial charge in [0.05, 0.1) is 11.7 Å². The minimum Gasteiger partial charge on any atom is -0.459 e. The molecule has 4 rings (SSSR count). The van der Waals surface area contributed by atoms with Crippen LogP contribution in [0.5, 0.6) is 0 Å². The van der Waals surface area contributed by atoms with Crippen LogP contribution in [0.15, 0.2) is 52.9 Å². The molecule has 0 aromatic heterocycles. The predicted molar refractivity (Wildman–Crippen MR) is 110 cm³/mol. The van der Waals surface area contributed by atoms with E-state index in [-0.39, 0.29) is 29.9 Å². The molecule has 2 heterocycles. The number of ketones is 1. The maximum atomic E-state index is 13.2. The maximum absolute atomic E-state index is 13.2. The number of dihydropyridines is 1. The molecular weight excluding hydrogens is 366 g/mol. The van der Waals surface area contributed by atoms with Crippen LogP contribution in [0.1, 0.15) is 57.9 Å². The number of esters is 1. The lowest BCUT2D eigenvalue weighted by molar-refractivity contribution is -0.142. The Morgan fingerprint density at radius 2 is 2.00 bits per heavy atom. The normalized spacial score (nSPS) is 26.2. The molecule has 2 aliphatic heterocycles. The Hall–Kier alpha value is -2.40. The third-order valence-electron chi connectivity index (χ3n) is 6.02. The number of benzene rings is 1. The van der Waals surface area contributed by atoms with E-state index in [1.807, 2.05) is 37.3 Å². The molecule has 1 N–H and O–H groups in total. The van der Waals surface area contributed by atoms with Gasteiger partial charge in [-0.2, -0.15) is 0 Å². The van der Waals surface area contributed by atoms with Crippen molar-refractivity contribution in [3.63, 3.8) is 0 Å². The third-order valence-corrected chi connectivity index (χ3v) is 6.02. The van der Waals surface area contributed by atoms with E-state index < -0.39 is 5.92 Å². The Balaban J connectivity index is 1.70. The second kappa shape index (κ2) is 7.79. The molecule has 1 saturated heterocycles. The van der Waals surface area contributed by atoms with E-state index in [1.54, 1.807) is 0 Å². The molecule has 3 aliphatic rings. The van der Waals surface area contributed by atoms with Gasteiger partial charge in [0.25, 0.3) is 0 Å². The average molecular weight is 395 g/mol. The smallest absolute Gasteiger partial charge is 0.336 e. The summed E-state index contributed by atoms with van der Waals surface area (Å²) >= 11 is 0. The maximum Gasteiger partial charge on any atom is 0.336 e. The van der Waals surface area contributed by atoms with Gasteiger partial charge < -0.3 is 14.8 Å². The molecule has 154 valence electrons. The number of hydrogen-bond donors (Lipinski definition) is 1. The zero-order valence-electron chi connectivity index (χ0n) is 17.4. The molecule has 0 saturated carbocycles. The summed E-state index contributed by atoms with van der Waals surface area (Å²) in [6, 6.07) is 9.79. The summed E-state index contributed by atoms with van der Waals surface area (Å²) in [7, 11) is 0. The van der Waals surface area contributed by atoms with E-state index >= 15 is 0 Å². The van der Waals surface area contributed by atoms with Crippen LogP contribution in [0.3, 0.4) is 0 Å². The minimum atomic E-state index is -0.395. The van der Waals surface area contributed by atoms with Crippen LogP contribution in [-0.2, 0) is 19.1 Å². The van der Waals surface area contributed by atoms with Crippen LogP contribution >= 0.6 is 0 Å². The highest BCUT2D eigenvalue weighted by atomic mass is 16.6. The van der Waals surface area contributed by atoms with Crippen LogP contribution < -0.4 is 5.32 Å². The molecule has 1 aromatic rings. The van der Waals surface area contributed by atoms with Crippen molar-refractivity contribution in [2.75, 3.05) is 13.2 Å². The molecule has 0 spiro atoms. The highest BCUT2D eigenvalue weighted by Crippen LogP contribution is 2.46. The first-order valence-electron chi connectivity index (χ1n) is 10.4. The number of Topliss-reactive ketones (excluding diaryl/α,β-unsaturated/α-hetero) is 1. The highest BCUT2D eigenvalue weighted by Gasteiger charge is 2.43. The number of carbonyl (C=O) groups is 2. The minimum absolute atomic E-state index is 0.0292. The molecule has 1 aromatic carbocycles. The molecule has 5 nitrogen and oxygen atoms in total. The van der Waals surface area contributed by atoms with Crippen molar-refractivity contribution in [1.82, 2.24) is 5.32 Å². The van der Waals surface area contributed by atoms with Gasteiger partial charge in [-0.3, -0.25) is 4.79 Å². The van der Waals surface area contributed by atoms with E-state index in [0.717, 1.165) is 42.8 Å². The molecule has 1 fully saturated rings. The van der Waals surface area contributed by atoms with E-state index in [4.69, 9.17) is 9.47 Å². The molecule has 0 amide bonds. The molecule has 5 heteroatoms. The average Bonchev–Trinajstić information content (AvgIpc) is 3.18. The van der Waals surface area contributed by atoms with Gasteiger partial charge in [0, 0.05) is 35.9 Å². The van der Waals surface area contributed by atoms with Gasteiger partial charge >= 0.3 is 5.97 Å². The van der Waals surface area contributed by atoms with Crippen molar-refractivity contribution in [3.05, 3.63) is 58.4 Å². The van der Waals surface area contributed by atoms with Gasteiger partial charge in [-0.25, -0.2) is 4.79 Å². The van der Waals surface area contributed by atoms with E-state index in [9.17, 15) is 9.59 Å². The van der Waals surface area contributed by atoms with Crippen molar-refractivity contribution in [1.29, 1.82) is 0 Å². The quantitative estimate of drug-likeness (QED) is 0.781. The summed E-state index contributed by atoms with van der Waals surface area (Å²) < 4.78 is 11.2. The first kappa shape index (κ1) is 19.9. The lowest BCUT2D eigenvalue weighted by Gasteiger charge is -2.39. The van der Waals surface area contributed by atoms with Crippen LogP contribution in [0.4, 0.5) is 0 Å². The van der Waals surface area contributed by atoms with Gasteiger partial charge in [0.15, 0.2) is 5.78 Å². The lowest BCUT2D eigenvalue weighted by atomic mass is 9.68. The Bertz CT molecular complexity index is 875. The summed E-state index contributed by atoms with van der Waals surface area (Å²) in [5.41, 5.74) is 3.79. The molecule has 0 unspecified atom stereocenters. The van der Waals surface area contributed by atoms with Gasteiger partial charge in [0.1, 0.15) is 6.61 Å². The van der Waals surface area contributed by atoms with Crippen LogP contribution in [0, 0.1) is 5.41 Å². The standard InChI is InChI=1S/C24H29NO4/c1-15-20(23(27)29-14-17-10-7-11-28-17)21(16-8-5-4-6-9-16)22-18(25-15)12-24(2,3)13-19(22)26/h4-6,8-9,17,21,25H,7,10-14H2,1-3H3/t17-,21-/m0/s1. The number of nitrogens with one attached hydrogen (secondary N) is 1. The second-order valence-electron chi connectivity index (χ2n) is 9.07. The van der Waals surface area contributed by atoms with Crippen LogP contribution in [0.25, 0.3) is 0 Å². The summed E-state index contributed by atoms with van der Waals surface area (Å²) in [6.07, 6.45) is 3.15. The largest absolute Gasteiger partial charge is 0.459 e. The molecule has 0 radical (unpaired) electrons. The monoisotopic (exact) mass is 395 g/mol. The van der Waals surface area contributed by atoms with Gasteiger partial charge in [-0.15, -0.1) is 0 Å². The van der Waals surface area contributed by atoms with Crippen molar-refractivity contribution in [2.45, 2.75) is 58.5 Å². The number of ether oxygens (including phenoxy) is 2.